The number of carbonyl (C=O) groups is 2. The number of hydrogen-bond donors (Lipinski definition) is 2. The van der Waals surface area contributed by atoms with Crippen LogP contribution in [-0.2, 0) is 26.0 Å². The Balaban J connectivity index is 1.45. The molecule has 9 heteroatoms. The van der Waals surface area contributed by atoms with Crippen LogP contribution in [0.2, 0.25) is 0 Å². The largest absolute Gasteiger partial charge is 0.335 e. The van der Waals surface area contributed by atoms with Crippen molar-refractivity contribution in [1.29, 1.82) is 0 Å². The van der Waals surface area contributed by atoms with E-state index < -0.39 is 15.8 Å². The molecule has 0 aliphatic carbocycles. The van der Waals surface area contributed by atoms with Gasteiger partial charge in [0.05, 0.1) is 23.0 Å². The highest BCUT2D eigenvalue weighted by Gasteiger charge is 2.30. The van der Waals surface area contributed by atoms with Crippen molar-refractivity contribution in [2.45, 2.75) is 30.7 Å². The van der Waals surface area contributed by atoms with Gasteiger partial charge in [-0.1, -0.05) is 30.3 Å². The highest BCUT2D eigenvalue weighted by atomic mass is 32.2. The second-order valence-electron chi connectivity index (χ2n) is 8.07. The lowest BCUT2D eigenvalue weighted by Gasteiger charge is -2.36. The molecule has 2 N–H and O–H groups in total. The van der Waals surface area contributed by atoms with Gasteiger partial charge in [-0.05, 0) is 60.0 Å². The SMILES string of the molecule is CC(=O)N1CCc2ccccc2C1CC(=O)Nc1ccc(S(=O)(=O)Nc2cccc(F)c2)cc1. The van der Waals surface area contributed by atoms with Gasteiger partial charge < -0.3 is 10.2 Å². The summed E-state index contributed by atoms with van der Waals surface area (Å²) < 4.78 is 40.8. The number of fused-ring (bicyclic) bond motifs is 1. The number of amides is 2. The molecule has 0 spiro atoms. The average Bonchev–Trinajstić information content (AvgIpc) is 2.79. The van der Waals surface area contributed by atoms with Crippen LogP contribution in [0.5, 0.6) is 0 Å². The maximum Gasteiger partial charge on any atom is 0.261 e. The van der Waals surface area contributed by atoms with E-state index in [1.54, 1.807) is 4.90 Å². The molecule has 0 fully saturated rings. The molecule has 0 saturated heterocycles. The molecular weight excluding hydrogens is 457 g/mol. The van der Waals surface area contributed by atoms with E-state index >= 15 is 0 Å². The molecule has 4 rings (SSSR count). The van der Waals surface area contributed by atoms with Gasteiger partial charge in [-0.25, -0.2) is 12.8 Å². The summed E-state index contributed by atoms with van der Waals surface area (Å²) in [6, 6.07) is 18.3. The fourth-order valence-corrected chi connectivity index (χ4v) is 5.17. The molecule has 34 heavy (non-hydrogen) atoms. The standard InChI is InChI=1S/C25H24FN3O4S/c1-17(30)29-14-13-18-5-2-3-8-23(18)24(29)16-25(31)27-20-9-11-22(12-10-20)34(32,33)28-21-7-4-6-19(26)15-21/h2-12,15,24,28H,13-14,16H2,1H3,(H,27,31). The Morgan fingerprint density at radius 3 is 2.44 bits per heavy atom. The molecule has 1 atom stereocenters. The van der Waals surface area contributed by atoms with Crippen molar-refractivity contribution in [2.24, 2.45) is 0 Å². The number of halogens is 1. The molecule has 0 saturated carbocycles. The number of hydrogen-bond acceptors (Lipinski definition) is 4. The van der Waals surface area contributed by atoms with E-state index in [-0.39, 0.29) is 34.9 Å². The molecule has 0 radical (unpaired) electrons. The topological polar surface area (TPSA) is 95.6 Å². The van der Waals surface area contributed by atoms with Crippen LogP contribution >= 0.6 is 0 Å². The van der Waals surface area contributed by atoms with Gasteiger partial charge in [0.2, 0.25) is 11.8 Å². The number of nitrogens with one attached hydrogen (secondary N) is 2. The smallest absolute Gasteiger partial charge is 0.261 e. The highest BCUT2D eigenvalue weighted by molar-refractivity contribution is 7.92. The zero-order valence-electron chi connectivity index (χ0n) is 18.5. The van der Waals surface area contributed by atoms with Gasteiger partial charge in [-0.3, -0.25) is 14.3 Å². The van der Waals surface area contributed by atoms with Crippen LogP contribution in [0.1, 0.15) is 30.5 Å². The Morgan fingerprint density at radius 1 is 1.00 bits per heavy atom. The molecule has 7 nitrogen and oxygen atoms in total. The van der Waals surface area contributed by atoms with Crippen molar-refractivity contribution >= 4 is 33.2 Å². The first kappa shape index (κ1) is 23.4. The van der Waals surface area contributed by atoms with Gasteiger partial charge in [0.1, 0.15) is 5.82 Å². The molecule has 1 heterocycles. The van der Waals surface area contributed by atoms with Crippen LogP contribution in [0.25, 0.3) is 0 Å². The zero-order valence-corrected chi connectivity index (χ0v) is 19.3. The Bertz CT molecular complexity index is 1330. The lowest BCUT2D eigenvalue weighted by molar-refractivity contribution is -0.132. The summed E-state index contributed by atoms with van der Waals surface area (Å²) in [5.74, 6) is -0.934. The fourth-order valence-electron chi connectivity index (χ4n) is 4.12. The molecule has 1 aliphatic heterocycles. The Kier molecular flexibility index (Phi) is 6.65. The Hall–Kier alpha value is -3.72. The van der Waals surface area contributed by atoms with Crippen molar-refractivity contribution in [3.8, 4) is 0 Å². The number of benzene rings is 3. The summed E-state index contributed by atoms with van der Waals surface area (Å²) in [6.45, 7) is 2.05. The molecular formula is C25H24FN3O4S. The van der Waals surface area contributed by atoms with Gasteiger partial charge in [-0.15, -0.1) is 0 Å². The van der Waals surface area contributed by atoms with Crippen LogP contribution in [0, 0.1) is 5.82 Å². The quantitative estimate of drug-likeness (QED) is 0.554. The molecule has 1 aliphatic rings. The average molecular weight is 482 g/mol. The van der Waals surface area contributed by atoms with Crippen molar-refractivity contribution in [3.05, 3.63) is 89.7 Å². The zero-order chi connectivity index (χ0) is 24.3. The third-order valence-electron chi connectivity index (χ3n) is 5.72. The second-order valence-corrected chi connectivity index (χ2v) is 9.75. The minimum atomic E-state index is -3.92. The van der Waals surface area contributed by atoms with E-state index in [9.17, 15) is 22.4 Å². The normalized spacial score (nSPS) is 15.4. The first-order valence-corrected chi connectivity index (χ1v) is 12.2. The summed E-state index contributed by atoms with van der Waals surface area (Å²) in [4.78, 5) is 26.6. The van der Waals surface area contributed by atoms with Crippen molar-refractivity contribution in [3.63, 3.8) is 0 Å². The van der Waals surface area contributed by atoms with Gasteiger partial charge >= 0.3 is 0 Å². The monoisotopic (exact) mass is 481 g/mol. The molecule has 1 unspecified atom stereocenters. The molecule has 3 aromatic carbocycles. The summed E-state index contributed by atoms with van der Waals surface area (Å²) in [7, 11) is -3.92. The highest BCUT2D eigenvalue weighted by Crippen LogP contribution is 2.32. The van der Waals surface area contributed by atoms with Gasteiger partial charge in [0, 0.05) is 19.2 Å². The first-order valence-electron chi connectivity index (χ1n) is 10.8. The molecule has 176 valence electrons. The number of anilines is 2. The van der Waals surface area contributed by atoms with Crippen LogP contribution in [0.3, 0.4) is 0 Å². The van der Waals surface area contributed by atoms with Crippen LogP contribution in [-0.4, -0.2) is 31.7 Å². The van der Waals surface area contributed by atoms with E-state index in [1.165, 1.54) is 49.4 Å². The number of nitrogens with zero attached hydrogens (tertiary/aromatic N) is 1. The number of rotatable bonds is 6. The lowest BCUT2D eigenvalue weighted by atomic mass is 9.90. The van der Waals surface area contributed by atoms with Crippen molar-refractivity contribution in [1.82, 2.24) is 4.90 Å². The molecule has 3 aromatic rings. The van der Waals surface area contributed by atoms with Crippen LogP contribution in [0.15, 0.2) is 77.7 Å². The van der Waals surface area contributed by atoms with Crippen molar-refractivity contribution < 1.29 is 22.4 Å². The fraction of sp³-hybridized carbons (Fsp3) is 0.200. The van der Waals surface area contributed by atoms with Gasteiger partial charge in [0.25, 0.3) is 10.0 Å². The Morgan fingerprint density at radius 2 is 1.74 bits per heavy atom. The second kappa shape index (κ2) is 9.64. The maximum atomic E-state index is 13.3. The van der Waals surface area contributed by atoms with Crippen LogP contribution < -0.4 is 10.0 Å². The first-order chi connectivity index (χ1) is 16.2. The third-order valence-corrected chi connectivity index (χ3v) is 7.12. The third kappa shape index (κ3) is 5.26. The van der Waals surface area contributed by atoms with Gasteiger partial charge in [-0.2, -0.15) is 0 Å². The Labute approximate surface area is 197 Å². The maximum absolute atomic E-state index is 13.3. The summed E-state index contributed by atoms with van der Waals surface area (Å²) in [5, 5.41) is 2.77. The lowest BCUT2D eigenvalue weighted by Crippen LogP contribution is -2.40. The predicted molar refractivity (Wildman–Crippen MR) is 127 cm³/mol. The summed E-state index contributed by atoms with van der Waals surface area (Å²) in [6.07, 6.45) is 0.825. The molecule has 0 aromatic heterocycles. The molecule has 2 amide bonds. The predicted octanol–water partition coefficient (Wildman–Crippen LogP) is 4.10. The summed E-state index contributed by atoms with van der Waals surface area (Å²) in [5.41, 5.74) is 2.62. The molecule has 0 bridgehead atoms. The number of carbonyl (C=O) groups excluding carboxylic acids is 2. The van der Waals surface area contributed by atoms with E-state index in [0.29, 0.717) is 12.2 Å². The summed E-state index contributed by atoms with van der Waals surface area (Å²) >= 11 is 0. The minimum Gasteiger partial charge on any atom is -0.335 e. The van der Waals surface area contributed by atoms with Gasteiger partial charge in [0.15, 0.2) is 0 Å². The van der Waals surface area contributed by atoms with Crippen LogP contribution in [0.4, 0.5) is 15.8 Å². The van der Waals surface area contributed by atoms with E-state index in [1.807, 2.05) is 24.3 Å². The van der Waals surface area contributed by atoms with E-state index in [4.69, 9.17) is 0 Å². The number of sulfonamides is 1. The minimum absolute atomic E-state index is 0.0290. The van der Waals surface area contributed by atoms with E-state index in [0.717, 1.165) is 23.6 Å². The van der Waals surface area contributed by atoms with Crippen molar-refractivity contribution in [2.75, 3.05) is 16.6 Å². The van der Waals surface area contributed by atoms with E-state index in [2.05, 4.69) is 10.0 Å².